The number of aliphatic hydroxyl groups excluding tert-OH is 1. The van der Waals surface area contributed by atoms with Crippen LogP contribution < -0.4 is 10.3 Å². The Hall–Kier alpha value is -2.59. The van der Waals surface area contributed by atoms with E-state index in [0.29, 0.717) is 21.0 Å². The molecule has 0 radical (unpaired) electrons. The van der Waals surface area contributed by atoms with Crippen molar-refractivity contribution in [3.8, 4) is 5.75 Å². The monoisotopic (exact) mass is 402 g/mol. The highest BCUT2D eigenvalue weighted by Crippen LogP contribution is 2.26. The molecule has 3 rings (SSSR count). The molecule has 0 aliphatic rings. The van der Waals surface area contributed by atoms with E-state index in [9.17, 15) is 23.1 Å². The Morgan fingerprint density at radius 3 is 2.59 bits per heavy atom. The average Bonchev–Trinajstić information content (AvgIpc) is 3.04. The van der Waals surface area contributed by atoms with Crippen LogP contribution in [0.3, 0.4) is 0 Å². The number of ether oxygens (including phenoxy) is 1. The van der Waals surface area contributed by atoms with E-state index < -0.39 is 23.7 Å². The molecule has 3 aromatic rings. The maximum Gasteiger partial charge on any atom is 0.453 e. The third kappa shape index (κ3) is 4.22. The molecule has 2 heterocycles. The highest BCUT2D eigenvalue weighted by Gasteiger charge is 2.37. The van der Waals surface area contributed by atoms with E-state index in [4.69, 9.17) is 16.3 Å². The van der Waals surface area contributed by atoms with Gasteiger partial charge in [-0.15, -0.1) is 5.10 Å². The van der Waals surface area contributed by atoms with Crippen LogP contribution in [0.1, 0.15) is 11.5 Å². The van der Waals surface area contributed by atoms with E-state index in [1.54, 1.807) is 24.3 Å². The lowest BCUT2D eigenvalue weighted by molar-refractivity contribution is -0.144. The molecule has 0 saturated heterocycles. The molecule has 0 unspecified atom stereocenters. The number of fused-ring (bicyclic) bond motifs is 1. The Balaban J connectivity index is 1.84. The van der Waals surface area contributed by atoms with Gasteiger partial charge in [0.15, 0.2) is 0 Å². The van der Waals surface area contributed by atoms with Crippen LogP contribution in [-0.2, 0) is 12.7 Å². The maximum absolute atomic E-state index is 12.9. The summed E-state index contributed by atoms with van der Waals surface area (Å²) in [7, 11) is 0. The highest BCUT2D eigenvalue weighted by atomic mass is 35.5. The Morgan fingerprint density at radius 1 is 1.30 bits per heavy atom. The molecule has 1 N–H and O–H groups in total. The first-order chi connectivity index (χ1) is 12.6. The molecule has 2 aromatic heterocycles. The molecule has 0 amide bonds. The first kappa shape index (κ1) is 19.2. The molecular formula is C16H14ClF3N4O3. The number of alkyl halides is 3. The third-order valence-corrected chi connectivity index (χ3v) is 3.95. The van der Waals surface area contributed by atoms with Crippen molar-refractivity contribution in [2.75, 3.05) is 6.61 Å². The van der Waals surface area contributed by atoms with Crippen LogP contribution >= 0.6 is 11.6 Å². The van der Waals surface area contributed by atoms with Crippen LogP contribution in [0.5, 0.6) is 5.75 Å². The third-order valence-electron chi connectivity index (χ3n) is 3.70. The van der Waals surface area contributed by atoms with Crippen molar-refractivity contribution in [3.63, 3.8) is 0 Å². The lowest BCUT2D eigenvalue weighted by atomic mass is 10.3. The summed E-state index contributed by atoms with van der Waals surface area (Å²) in [6, 6.07) is 7.59. The minimum atomic E-state index is -4.79. The molecule has 1 atom stereocenters. The molecule has 0 bridgehead atoms. The van der Waals surface area contributed by atoms with E-state index in [2.05, 4.69) is 10.1 Å². The van der Waals surface area contributed by atoms with E-state index in [-0.39, 0.29) is 18.9 Å². The Labute approximate surface area is 155 Å². The van der Waals surface area contributed by atoms with E-state index in [1.165, 1.54) is 11.5 Å². The Kier molecular flexibility index (Phi) is 5.11. The molecule has 0 aliphatic carbocycles. The zero-order valence-corrected chi connectivity index (χ0v) is 14.7. The topological polar surface area (TPSA) is 81.7 Å². The number of aryl methyl sites for hydroxylation is 1. The average molecular weight is 403 g/mol. The first-order valence-electron chi connectivity index (χ1n) is 7.76. The van der Waals surface area contributed by atoms with Crippen molar-refractivity contribution in [1.82, 2.24) is 19.2 Å². The van der Waals surface area contributed by atoms with E-state index in [1.807, 2.05) is 0 Å². The molecule has 0 fully saturated rings. The van der Waals surface area contributed by atoms with Gasteiger partial charge in [0.2, 0.25) is 5.78 Å². The van der Waals surface area contributed by atoms with E-state index in [0.717, 1.165) is 6.07 Å². The van der Waals surface area contributed by atoms with Gasteiger partial charge in [0.05, 0.1) is 6.54 Å². The number of nitrogens with zero attached hydrogens (tertiary/aromatic N) is 4. The summed E-state index contributed by atoms with van der Waals surface area (Å²) in [5.41, 5.74) is -0.409. The van der Waals surface area contributed by atoms with Gasteiger partial charge in [-0.1, -0.05) is 11.6 Å². The minimum absolute atomic E-state index is 0.125. The largest absolute Gasteiger partial charge is 0.491 e. The SMILES string of the molecule is Cc1cc(=O)n2nc(C(F)(F)F)nc2n1C[C@H](O)COc1ccc(Cl)cc1. The lowest BCUT2D eigenvalue weighted by Crippen LogP contribution is -2.28. The fourth-order valence-electron chi connectivity index (χ4n) is 2.43. The predicted molar refractivity (Wildman–Crippen MR) is 89.9 cm³/mol. The van der Waals surface area contributed by atoms with Gasteiger partial charge < -0.3 is 14.4 Å². The maximum atomic E-state index is 12.9. The number of aliphatic hydroxyl groups is 1. The van der Waals surface area contributed by atoms with Crippen LogP contribution in [0, 0.1) is 6.92 Å². The van der Waals surface area contributed by atoms with Crippen molar-refractivity contribution < 1.29 is 23.0 Å². The van der Waals surface area contributed by atoms with Crippen molar-refractivity contribution in [3.05, 3.63) is 57.2 Å². The number of halogens is 4. The smallest absolute Gasteiger partial charge is 0.453 e. The molecule has 0 spiro atoms. The minimum Gasteiger partial charge on any atom is -0.491 e. The molecule has 0 aliphatic heterocycles. The molecule has 144 valence electrons. The Bertz CT molecular complexity index is 1010. The normalized spacial score (nSPS) is 13.1. The van der Waals surface area contributed by atoms with Gasteiger partial charge in [0, 0.05) is 16.8 Å². The van der Waals surface area contributed by atoms with Gasteiger partial charge >= 0.3 is 6.18 Å². The number of benzene rings is 1. The zero-order valence-electron chi connectivity index (χ0n) is 13.9. The summed E-state index contributed by atoms with van der Waals surface area (Å²) < 4.78 is 45.8. The van der Waals surface area contributed by atoms with Crippen LogP contribution in [0.4, 0.5) is 13.2 Å². The van der Waals surface area contributed by atoms with E-state index >= 15 is 0 Å². The lowest BCUT2D eigenvalue weighted by Gasteiger charge is -2.16. The number of aromatic nitrogens is 4. The first-order valence-corrected chi connectivity index (χ1v) is 8.14. The summed E-state index contributed by atoms with van der Waals surface area (Å²) in [6.07, 6.45) is -5.86. The fraction of sp³-hybridized carbons (Fsp3) is 0.312. The number of rotatable bonds is 5. The second kappa shape index (κ2) is 7.20. The molecule has 7 nitrogen and oxygen atoms in total. The second-order valence-electron chi connectivity index (χ2n) is 5.80. The number of hydrogen-bond donors (Lipinski definition) is 1. The summed E-state index contributed by atoms with van der Waals surface area (Å²) in [5, 5.41) is 14.0. The highest BCUT2D eigenvalue weighted by molar-refractivity contribution is 6.30. The number of hydrogen-bond acceptors (Lipinski definition) is 5. The molecular weight excluding hydrogens is 389 g/mol. The standard InChI is InChI=1S/C16H14ClF3N4O3/c1-9-6-13(26)24-15(21-14(22-24)16(18,19)20)23(9)7-11(25)8-27-12-4-2-10(17)3-5-12/h2-6,11,25H,7-8H2,1H3/t11-/m0/s1. The van der Waals surface area contributed by atoms with Crippen molar-refractivity contribution >= 4 is 17.4 Å². The van der Waals surface area contributed by atoms with Crippen molar-refractivity contribution in [1.29, 1.82) is 0 Å². The molecule has 1 aromatic carbocycles. The van der Waals surface area contributed by atoms with Crippen molar-refractivity contribution in [2.45, 2.75) is 25.7 Å². The van der Waals surface area contributed by atoms with Gasteiger partial charge in [0.1, 0.15) is 18.5 Å². The van der Waals surface area contributed by atoms with Crippen molar-refractivity contribution in [2.24, 2.45) is 0 Å². The quantitative estimate of drug-likeness (QED) is 0.708. The van der Waals surface area contributed by atoms with Crippen LogP contribution in [0.25, 0.3) is 5.78 Å². The summed E-state index contributed by atoms with van der Waals surface area (Å²) >= 11 is 5.77. The van der Waals surface area contributed by atoms with Gasteiger partial charge in [-0.2, -0.15) is 22.7 Å². The van der Waals surface area contributed by atoms with Crippen LogP contribution in [0.2, 0.25) is 5.02 Å². The zero-order chi connectivity index (χ0) is 19.8. The fourth-order valence-corrected chi connectivity index (χ4v) is 2.56. The van der Waals surface area contributed by atoms with Gasteiger partial charge in [-0.05, 0) is 31.2 Å². The summed E-state index contributed by atoms with van der Waals surface area (Å²) in [6.45, 7) is 1.26. The second-order valence-corrected chi connectivity index (χ2v) is 6.23. The molecule has 27 heavy (non-hydrogen) atoms. The van der Waals surface area contributed by atoms with Crippen LogP contribution in [-0.4, -0.2) is 37.0 Å². The Morgan fingerprint density at radius 2 is 1.96 bits per heavy atom. The van der Waals surface area contributed by atoms with Gasteiger partial charge in [-0.3, -0.25) is 4.79 Å². The predicted octanol–water partition coefficient (Wildman–Crippen LogP) is 2.31. The van der Waals surface area contributed by atoms with Gasteiger partial charge in [0.25, 0.3) is 11.4 Å². The summed E-state index contributed by atoms with van der Waals surface area (Å²) in [4.78, 5) is 15.3. The molecule has 0 saturated carbocycles. The van der Waals surface area contributed by atoms with Crippen LogP contribution in [0.15, 0.2) is 35.1 Å². The summed E-state index contributed by atoms with van der Waals surface area (Å²) in [5.74, 6) is -1.26. The molecule has 11 heteroatoms. The van der Waals surface area contributed by atoms with Gasteiger partial charge in [-0.25, -0.2) is 0 Å².